The predicted octanol–water partition coefficient (Wildman–Crippen LogP) is 6.22. The summed E-state index contributed by atoms with van der Waals surface area (Å²) in [6.45, 7) is 2.40. The fourth-order valence-electron chi connectivity index (χ4n) is 5.04. The molecule has 0 aromatic heterocycles. The first-order valence-electron chi connectivity index (χ1n) is 13.4. The molecular formula is C29H34F3NO6. The number of alkyl halides is 3. The van der Waals surface area contributed by atoms with E-state index in [1.807, 2.05) is 19.1 Å². The Balaban J connectivity index is 1.60. The summed E-state index contributed by atoms with van der Waals surface area (Å²) in [7, 11) is 1.56. The van der Waals surface area contributed by atoms with Crippen LogP contribution in [0.3, 0.4) is 0 Å². The Hall–Kier alpha value is -3.43. The average Bonchev–Trinajstić information content (AvgIpc) is 3.42. The van der Waals surface area contributed by atoms with Crippen LogP contribution in [0.5, 0.6) is 17.2 Å². The normalized spacial score (nSPS) is 17.5. The van der Waals surface area contributed by atoms with Gasteiger partial charge in [0.15, 0.2) is 11.5 Å². The van der Waals surface area contributed by atoms with Gasteiger partial charge in [0.2, 0.25) is 0 Å². The molecule has 1 saturated carbocycles. The number of methoxy groups -OCH3 is 1. The van der Waals surface area contributed by atoms with Crippen LogP contribution in [0.1, 0.15) is 73.4 Å². The summed E-state index contributed by atoms with van der Waals surface area (Å²) in [5.74, 6) is -0.299. The second-order valence-corrected chi connectivity index (χ2v) is 9.90. The molecule has 0 N–H and O–H groups in total. The Kier molecular flexibility index (Phi) is 9.24. The standard InChI is InChI=1S/C29H34F3NO6/c1-3-4-7-14-37-28(35)24-15-20-16-25(36-2)26(38-22-8-5-6-9-22)17-21(20)18-33(24)27(34)19-10-12-23(13-11-19)39-29(30,31)32/h10-13,16-17,22,24H,3-9,14-15,18H2,1-2H3. The highest BCUT2D eigenvalue weighted by molar-refractivity contribution is 5.97. The molecule has 1 atom stereocenters. The molecule has 2 aliphatic rings. The molecule has 1 amide bonds. The van der Waals surface area contributed by atoms with E-state index in [1.165, 1.54) is 17.0 Å². The summed E-state index contributed by atoms with van der Waals surface area (Å²) in [5.41, 5.74) is 1.79. The van der Waals surface area contributed by atoms with Crippen molar-refractivity contribution in [3.8, 4) is 17.2 Å². The van der Waals surface area contributed by atoms with Gasteiger partial charge in [0, 0.05) is 18.5 Å². The number of rotatable bonds is 10. The van der Waals surface area contributed by atoms with Crippen LogP contribution in [0.4, 0.5) is 13.2 Å². The van der Waals surface area contributed by atoms with Crippen LogP contribution in [0.15, 0.2) is 36.4 Å². The van der Waals surface area contributed by atoms with E-state index in [0.29, 0.717) is 11.5 Å². The maximum atomic E-state index is 13.6. The van der Waals surface area contributed by atoms with E-state index in [4.69, 9.17) is 14.2 Å². The molecule has 39 heavy (non-hydrogen) atoms. The fourth-order valence-corrected chi connectivity index (χ4v) is 5.04. The van der Waals surface area contributed by atoms with Gasteiger partial charge in [0.05, 0.1) is 19.8 Å². The van der Waals surface area contributed by atoms with Crippen LogP contribution >= 0.6 is 0 Å². The van der Waals surface area contributed by atoms with E-state index in [9.17, 15) is 22.8 Å². The first-order chi connectivity index (χ1) is 18.7. The minimum absolute atomic E-state index is 0.0987. The van der Waals surface area contributed by atoms with Crippen molar-refractivity contribution in [2.75, 3.05) is 13.7 Å². The molecule has 0 bridgehead atoms. The lowest BCUT2D eigenvalue weighted by Crippen LogP contribution is -2.49. The molecule has 0 spiro atoms. The maximum absolute atomic E-state index is 13.6. The molecular weight excluding hydrogens is 515 g/mol. The van der Waals surface area contributed by atoms with Crippen molar-refractivity contribution in [1.29, 1.82) is 0 Å². The number of amides is 1. The lowest BCUT2D eigenvalue weighted by molar-refractivity contribution is -0.274. The largest absolute Gasteiger partial charge is 0.573 e. The molecule has 2 aromatic rings. The molecule has 212 valence electrons. The van der Waals surface area contributed by atoms with Gasteiger partial charge in [-0.05, 0) is 79.6 Å². The van der Waals surface area contributed by atoms with Gasteiger partial charge in [0.1, 0.15) is 11.8 Å². The second-order valence-electron chi connectivity index (χ2n) is 9.90. The number of esters is 1. The number of carbonyl (C=O) groups excluding carboxylic acids is 2. The lowest BCUT2D eigenvalue weighted by Gasteiger charge is -2.36. The Morgan fingerprint density at radius 1 is 1.00 bits per heavy atom. The Morgan fingerprint density at radius 2 is 1.69 bits per heavy atom. The topological polar surface area (TPSA) is 74.3 Å². The molecule has 0 radical (unpaired) electrons. The van der Waals surface area contributed by atoms with Crippen LogP contribution < -0.4 is 14.2 Å². The van der Waals surface area contributed by atoms with E-state index >= 15 is 0 Å². The minimum Gasteiger partial charge on any atom is -0.493 e. The van der Waals surface area contributed by atoms with Crippen molar-refractivity contribution >= 4 is 11.9 Å². The third-order valence-electron chi connectivity index (χ3n) is 7.07. The number of ether oxygens (including phenoxy) is 4. The zero-order valence-corrected chi connectivity index (χ0v) is 22.2. The van der Waals surface area contributed by atoms with Crippen LogP contribution in [-0.2, 0) is 22.5 Å². The van der Waals surface area contributed by atoms with Crippen LogP contribution in [0.2, 0.25) is 0 Å². The second kappa shape index (κ2) is 12.6. The Labute approximate surface area is 226 Å². The number of nitrogens with zero attached hydrogens (tertiary/aromatic N) is 1. The first kappa shape index (κ1) is 28.6. The van der Waals surface area contributed by atoms with Crippen molar-refractivity contribution in [3.05, 3.63) is 53.1 Å². The number of carbonyl (C=O) groups is 2. The van der Waals surface area contributed by atoms with Crippen molar-refractivity contribution < 1.29 is 41.7 Å². The van der Waals surface area contributed by atoms with E-state index in [0.717, 1.165) is 68.2 Å². The molecule has 10 heteroatoms. The van der Waals surface area contributed by atoms with Gasteiger partial charge in [-0.15, -0.1) is 13.2 Å². The summed E-state index contributed by atoms with van der Waals surface area (Å²) < 4.78 is 59.0. The smallest absolute Gasteiger partial charge is 0.493 e. The monoisotopic (exact) mass is 549 g/mol. The van der Waals surface area contributed by atoms with Crippen molar-refractivity contribution in [3.63, 3.8) is 0 Å². The zero-order chi connectivity index (χ0) is 28.0. The fraction of sp³-hybridized carbons (Fsp3) is 0.517. The van der Waals surface area contributed by atoms with Gasteiger partial charge in [-0.2, -0.15) is 0 Å². The number of unbranched alkanes of at least 4 members (excludes halogenated alkanes) is 2. The summed E-state index contributed by atoms with van der Waals surface area (Å²) in [6.07, 6.45) is 2.21. The van der Waals surface area contributed by atoms with Gasteiger partial charge in [-0.3, -0.25) is 4.79 Å². The van der Waals surface area contributed by atoms with Gasteiger partial charge >= 0.3 is 12.3 Å². The maximum Gasteiger partial charge on any atom is 0.573 e. The van der Waals surface area contributed by atoms with Crippen molar-refractivity contribution in [1.82, 2.24) is 4.90 Å². The van der Waals surface area contributed by atoms with Gasteiger partial charge in [-0.25, -0.2) is 4.79 Å². The zero-order valence-electron chi connectivity index (χ0n) is 22.2. The number of hydrogen-bond donors (Lipinski definition) is 0. The average molecular weight is 550 g/mol. The lowest BCUT2D eigenvalue weighted by atomic mass is 9.92. The Morgan fingerprint density at radius 3 is 2.33 bits per heavy atom. The number of hydrogen-bond acceptors (Lipinski definition) is 6. The van der Waals surface area contributed by atoms with Gasteiger partial charge < -0.3 is 23.8 Å². The third-order valence-corrected chi connectivity index (χ3v) is 7.07. The quantitative estimate of drug-likeness (QED) is 0.259. The summed E-state index contributed by atoms with van der Waals surface area (Å²) in [5, 5.41) is 0. The van der Waals surface area contributed by atoms with Crippen LogP contribution in [0, 0.1) is 0 Å². The van der Waals surface area contributed by atoms with Gasteiger partial charge in [0.25, 0.3) is 5.91 Å². The number of fused-ring (bicyclic) bond motifs is 1. The molecule has 2 aromatic carbocycles. The van der Waals surface area contributed by atoms with E-state index in [2.05, 4.69) is 4.74 Å². The van der Waals surface area contributed by atoms with E-state index in [1.54, 1.807) is 7.11 Å². The molecule has 1 heterocycles. The third kappa shape index (κ3) is 7.36. The van der Waals surface area contributed by atoms with Crippen molar-refractivity contribution in [2.24, 2.45) is 0 Å². The van der Waals surface area contributed by atoms with Crippen LogP contribution in [0.25, 0.3) is 0 Å². The van der Waals surface area contributed by atoms with Crippen molar-refractivity contribution in [2.45, 2.75) is 83.3 Å². The van der Waals surface area contributed by atoms with Crippen LogP contribution in [-0.4, -0.2) is 49.0 Å². The first-order valence-corrected chi connectivity index (χ1v) is 13.4. The number of benzene rings is 2. The summed E-state index contributed by atoms with van der Waals surface area (Å²) in [4.78, 5) is 28.2. The predicted molar refractivity (Wildman–Crippen MR) is 137 cm³/mol. The molecule has 1 aliphatic carbocycles. The Bertz CT molecular complexity index is 1140. The van der Waals surface area contributed by atoms with E-state index < -0.39 is 30.0 Å². The molecule has 1 aliphatic heterocycles. The molecule has 4 rings (SSSR count). The SMILES string of the molecule is CCCCCOC(=O)C1Cc2cc(OC)c(OC3CCCC3)cc2CN1C(=O)c1ccc(OC(F)(F)F)cc1. The minimum atomic E-state index is -4.84. The summed E-state index contributed by atoms with van der Waals surface area (Å²) in [6, 6.07) is 7.47. The molecule has 7 nitrogen and oxygen atoms in total. The number of halogens is 3. The molecule has 1 unspecified atom stereocenters. The van der Waals surface area contributed by atoms with Gasteiger partial charge in [-0.1, -0.05) is 19.8 Å². The summed E-state index contributed by atoms with van der Waals surface area (Å²) >= 11 is 0. The molecule has 1 fully saturated rings. The highest BCUT2D eigenvalue weighted by Gasteiger charge is 2.37. The highest BCUT2D eigenvalue weighted by Crippen LogP contribution is 2.38. The van der Waals surface area contributed by atoms with E-state index in [-0.39, 0.29) is 31.2 Å². The molecule has 0 saturated heterocycles. The highest BCUT2D eigenvalue weighted by atomic mass is 19.4.